The van der Waals surface area contributed by atoms with E-state index >= 15 is 0 Å². The first-order valence-electron chi connectivity index (χ1n) is 10.4. The maximum Gasteiger partial charge on any atom is 0.244 e. The summed E-state index contributed by atoms with van der Waals surface area (Å²) in [5.41, 5.74) is 1.06. The monoisotopic (exact) mass is 547 g/mol. The number of hydrogen-bond donors (Lipinski definition) is 1. The van der Waals surface area contributed by atoms with Crippen molar-refractivity contribution >= 4 is 53.4 Å². The third-order valence-corrected chi connectivity index (χ3v) is 5.56. The van der Waals surface area contributed by atoms with Gasteiger partial charge in [-0.2, -0.15) is 0 Å². The van der Waals surface area contributed by atoms with Gasteiger partial charge in [-0.1, -0.05) is 23.7 Å². The zero-order valence-corrected chi connectivity index (χ0v) is 20.6. The van der Waals surface area contributed by atoms with Crippen LogP contribution in [-0.2, 0) is 16.1 Å². The van der Waals surface area contributed by atoms with Gasteiger partial charge in [-0.15, -0.1) is 24.0 Å². The molecule has 2 fully saturated rings. The fourth-order valence-corrected chi connectivity index (χ4v) is 3.80. The number of guanidine groups is 1. The second-order valence-corrected chi connectivity index (χ2v) is 7.91. The highest BCUT2D eigenvalue weighted by atomic mass is 127. The largest absolute Gasteiger partial charge is 0.356 e. The van der Waals surface area contributed by atoms with Gasteiger partial charge >= 0.3 is 0 Å². The number of likely N-dealkylation sites (tertiary alicyclic amines) is 1. The Bertz CT molecular complexity index is 737. The van der Waals surface area contributed by atoms with E-state index in [4.69, 9.17) is 11.6 Å². The fraction of sp³-hybridized carbons (Fsp3) is 0.571. The summed E-state index contributed by atoms with van der Waals surface area (Å²) >= 11 is 5.93. The van der Waals surface area contributed by atoms with Crippen molar-refractivity contribution < 1.29 is 9.59 Å². The van der Waals surface area contributed by atoms with E-state index in [1.165, 1.54) is 6.42 Å². The smallest absolute Gasteiger partial charge is 0.244 e. The maximum atomic E-state index is 12.7. The van der Waals surface area contributed by atoms with Crippen molar-refractivity contribution in [1.82, 2.24) is 20.0 Å². The first-order chi connectivity index (χ1) is 14.1. The van der Waals surface area contributed by atoms with Crippen molar-refractivity contribution in [3.05, 3.63) is 34.9 Å². The van der Waals surface area contributed by atoms with Gasteiger partial charge < -0.3 is 20.0 Å². The second-order valence-electron chi connectivity index (χ2n) is 7.47. The molecular formula is C21H31ClIN5O2. The molecule has 2 aliphatic heterocycles. The van der Waals surface area contributed by atoms with E-state index in [2.05, 4.69) is 10.3 Å². The number of benzene rings is 1. The number of halogens is 2. The molecule has 2 saturated heterocycles. The van der Waals surface area contributed by atoms with Gasteiger partial charge in [-0.25, -0.2) is 4.99 Å². The maximum absolute atomic E-state index is 12.7. The molecule has 1 N–H and O–H groups in total. The molecule has 2 heterocycles. The minimum Gasteiger partial charge on any atom is -0.356 e. The minimum absolute atomic E-state index is 0. The van der Waals surface area contributed by atoms with Crippen LogP contribution in [0.4, 0.5) is 0 Å². The number of nitrogens with zero attached hydrogens (tertiary/aromatic N) is 4. The molecule has 0 radical (unpaired) electrons. The van der Waals surface area contributed by atoms with E-state index in [-0.39, 0.29) is 48.9 Å². The summed E-state index contributed by atoms with van der Waals surface area (Å²) < 4.78 is 0. The number of amides is 2. The van der Waals surface area contributed by atoms with E-state index in [1.807, 2.05) is 45.9 Å². The Kier molecular flexibility index (Phi) is 10.2. The van der Waals surface area contributed by atoms with Gasteiger partial charge in [-0.05, 0) is 43.9 Å². The summed E-state index contributed by atoms with van der Waals surface area (Å²) in [4.78, 5) is 35.3. The fourth-order valence-electron chi connectivity index (χ4n) is 3.68. The summed E-state index contributed by atoms with van der Waals surface area (Å²) in [6, 6.07) is 7.57. The average Bonchev–Trinajstić information content (AvgIpc) is 2.74. The summed E-state index contributed by atoms with van der Waals surface area (Å²) in [6.45, 7) is 6.59. The standard InChI is InChI=1S/C21H30ClN5O2.HI/c1-2-23-21(24-14-19(28)25-10-4-3-5-11-25)27-13-12-26(20(29)16-27)15-17-6-8-18(22)9-7-17;/h6-9H,2-5,10-16H2,1H3,(H,23,24);1H. The Hall–Kier alpha value is -1.55. The minimum atomic E-state index is 0. The molecule has 2 aliphatic rings. The van der Waals surface area contributed by atoms with Gasteiger partial charge in [0.25, 0.3) is 0 Å². The predicted molar refractivity (Wildman–Crippen MR) is 130 cm³/mol. The Morgan fingerprint density at radius 1 is 1.07 bits per heavy atom. The number of rotatable bonds is 5. The highest BCUT2D eigenvalue weighted by Crippen LogP contribution is 2.14. The first kappa shape index (κ1) is 24.7. The van der Waals surface area contributed by atoms with Gasteiger partial charge in [0.1, 0.15) is 6.54 Å². The average molecular weight is 548 g/mol. The molecule has 0 saturated carbocycles. The molecule has 30 heavy (non-hydrogen) atoms. The molecule has 0 aliphatic carbocycles. The second kappa shape index (κ2) is 12.3. The Labute approximate surface area is 200 Å². The molecule has 7 nitrogen and oxygen atoms in total. The predicted octanol–water partition coefficient (Wildman–Crippen LogP) is 2.58. The van der Waals surface area contributed by atoms with Crippen molar-refractivity contribution in [3.8, 4) is 0 Å². The molecule has 3 rings (SSSR count). The number of nitrogens with one attached hydrogen (secondary N) is 1. The molecule has 2 amide bonds. The highest BCUT2D eigenvalue weighted by molar-refractivity contribution is 14.0. The van der Waals surface area contributed by atoms with Crippen LogP contribution in [0, 0.1) is 0 Å². The van der Waals surface area contributed by atoms with Crippen LogP contribution in [0.25, 0.3) is 0 Å². The van der Waals surface area contributed by atoms with Crippen LogP contribution in [0.2, 0.25) is 5.02 Å². The summed E-state index contributed by atoms with van der Waals surface area (Å²) in [7, 11) is 0. The van der Waals surface area contributed by atoms with Gasteiger partial charge in [-0.3, -0.25) is 9.59 Å². The topological polar surface area (TPSA) is 68.2 Å². The number of carbonyl (C=O) groups is 2. The van der Waals surface area contributed by atoms with Crippen LogP contribution in [0.1, 0.15) is 31.7 Å². The third kappa shape index (κ3) is 7.01. The number of aliphatic imine (C=N–C) groups is 1. The Balaban J connectivity index is 0.00000320. The van der Waals surface area contributed by atoms with Crippen molar-refractivity contribution in [2.75, 3.05) is 45.8 Å². The molecule has 1 aromatic rings. The van der Waals surface area contributed by atoms with Crippen molar-refractivity contribution in [2.24, 2.45) is 4.99 Å². The van der Waals surface area contributed by atoms with Crippen LogP contribution in [0.3, 0.4) is 0 Å². The lowest BCUT2D eigenvalue weighted by atomic mass is 10.1. The number of piperazine rings is 1. The van der Waals surface area contributed by atoms with E-state index in [9.17, 15) is 9.59 Å². The van der Waals surface area contributed by atoms with Crippen LogP contribution in [-0.4, -0.2) is 78.3 Å². The zero-order chi connectivity index (χ0) is 20.6. The third-order valence-electron chi connectivity index (χ3n) is 5.31. The van der Waals surface area contributed by atoms with E-state index in [0.717, 1.165) is 31.5 Å². The SMILES string of the molecule is CCNC(=NCC(=O)N1CCCCC1)N1CCN(Cc2ccc(Cl)cc2)C(=O)C1.I. The van der Waals surface area contributed by atoms with Gasteiger partial charge in [0.2, 0.25) is 11.8 Å². The molecule has 0 spiro atoms. The molecule has 0 atom stereocenters. The van der Waals surface area contributed by atoms with Gasteiger partial charge in [0.05, 0.1) is 6.54 Å². The van der Waals surface area contributed by atoms with E-state index in [1.54, 1.807) is 0 Å². The molecule has 0 aromatic heterocycles. The van der Waals surface area contributed by atoms with Crippen LogP contribution in [0.5, 0.6) is 0 Å². The number of carbonyl (C=O) groups excluding carboxylic acids is 2. The summed E-state index contributed by atoms with van der Waals surface area (Å²) in [5.74, 6) is 0.754. The number of piperidine rings is 1. The lowest BCUT2D eigenvalue weighted by molar-refractivity contribution is -0.135. The summed E-state index contributed by atoms with van der Waals surface area (Å²) in [5, 5.41) is 3.91. The van der Waals surface area contributed by atoms with Crippen LogP contribution < -0.4 is 5.32 Å². The molecule has 9 heteroatoms. The quantitative estimate of drug-likeness (QED) is 0.350. The Morgan fingerprint density at radius 2 is 1.77 bits per heavy atom. The van der Waals surface area contributed by atoms with Crippen LogP contribution in [0.15, 0.2) is 29.3 Å². The van der Waals surface area contributed by atoms with Crippen molar-refractivity contribution in [1.29, 1.82) is 0 Å². The first-order valence-corrected chi connectivity index (χ1v) is 10.8. The molecule has 0 bridgehead atoms. The highest BCUT2D eigenvalue weighted by Gasteiger charge is 2.26. The zero-order valence-electron chi connectivity index (χ0n) is 17.5. The number of hydrogen-bond acceptors (Lipinski definition) is 3. The summed E-state index contributed by atoms with van der Waals surface area (Å²) in [6.07, 6.45) is 3.33. The molecule has 1 aromatic carbocycles. The van der Waals surface area contributed by atoms with E-state index < -0.39 is 0 Å². The lowest BCUT2D eigenvalue weighted by Crippen LogP contribution is -2.55. The normalized spacial score (nSPS) is 17.6. The van der Waals surface area contributed by atoms with Gasteiger partial charge in [0, 0.05) is 44.3 Å². The van der Waals surface area contributed by atoms with E-state index in [0.29, 0.717) is 37.2 Å². The Morgan fingerprint density at radius 3 is 2.40 bits per heavy atom. The van der Waals surface area contributed by atoms with Gasteiger partial charge in [0.15, 0.2) is 5.96 Å². The van der Waals surface area contributed by atoms with Crippen molar-refractivity contribution in [3.63, 3.8) is 0 Å². The molecule has 0 unspecified atom stereocenters. The molecular weight excluding hydrogens is 517 g/mol. The molecule has 166 valence electrons. The van der Waals surface area contributed by atoms with Crippen LogP contribution >= 0.6 is 35.6 Å². The van der Waals surface area contributed by atoms with Crippen molar-refractivity contribution in [2.45, 2.75) is 32.7 Å². The lowest BCUT2D eigenvalue weighted by Gasteiger charge is -2.36.